The molecule has 0 radical (unpaired) electrons. The summed E-state index contributed by atoms with van der Waals surface area (Å²) in [5.41, 5.74) is 0. The van der Waals surface area contributed by atoms with Gasteiger partial charge in [0.2, 0.25) is 0 Å². The van der Waals surface area contributed by atoms with E-state index in [2.05, 4.69) is 86.8 Å². The third-order valence-electron chi connectivity index (χ3n) is 10.3. The first-order chi connectivity index (χ1) is 27.7. The molecule has 0 rings (SSSR count). The van der Waals surface area contributed by atoms with Gasteiger partial charge >= 0.3 is 5.97 Å². The lowest BCUT2D eigenvalue weighted by atomic mass is 10.1. The largest absolute Gasteiger partial charge is 0.457 e. The molecule has 0 saturated heterocycles. The van der Waals surface area contributed by atoms with Crippen molar-refractivity contribution in [1.29, 1.82) is 0 Å². The molecule has 56 heavy (non-hydrogen) atoms. The monoisotopic (exact) mass is 781 g/mol. The minimum Gasteiger partial charge on any atom is -0.457 e. The van der Waals surface area contributed by atoms with Crippen LogP contribution in [0.5, 0.6) is 0 Å². The Hall–Kier alpha value is -2.17. The summed E-state index contributed by atoms with van der Waals surface area (Å²) in [6, 6.07) is 0. The van der Waals surface area contributed by atoms with E-state index in [1.165, 1.54) is 154 Å². The van der Waals surface area contributed by atoms with Crippen molar-refractivity contribution in [3.05, 3.63) is 72.9 Å². The number of hydrogen-bond acceptors (Lipinski definition) is 4. The number of aliphatic hydroxyl groups excluding tert-OH is 1. The minimum absolute atomic E-state index is 0.177. The van der Waals surface area contributed by atoms with Gasteiger partial charge in [0, 0.05) is 13.0 Å². The summed E-state index contributed by atoms with van der Waals surface area (Å²) in [6.45, 7) is 5.23. The zero-order valence-corrected chi connectivity index (χ0v) is 37.1. The second-order valence-electron chi connectivity index (χ2n) is 15.8. The van der Waals surface area contributed by atoms with Crippen molar-refractivity contribution in [2.24, 2.45) is 0 Å². The van der Waals surface area contributed by atoms with Crippen LogP contribution < -0.4 is 0 Å². The quantitative estimate of drug-likeness (QED) is 0.0380. The number of rotatable bonds is 44. The van der Waals surface area contributed by atoms with Gasteiger partial charge in [-0.3, -0.25) is 4.79 Å². The van der Waals surface area contributed by atoms with E-state index in [0.717, 1.165) is 51.4 Å². The molecule has 1 unspecified atom stereocenters. The van der Waals surface area contributed by atoms with Gasteiger partial charge in [-0.05, 0) is 83.5 Å². The first kappa shape index (κ1) is 53.8. The molecular formula is C52H92O4. The van der Waals surface area contributed by atoms with E-state index in [1.807, 2.05) is 0 Å². The van der Waals surface area contributed by atoms with Crippen LogP contribution in [0.1, 0.15) is 226 Å². The van der Waals surface area contributed by atoms with Crippen LogP contribution >= 0.6 is 0 Å². The lowest BCUT2D eigenvalue weighted by Crippen LogP contribution is -2.27. The lowest BCUT2D eigenvalue weighted by Gasteiger charge is -2.16. The third-order valence-corrected chi connectivity index (χ3v) is 10.3. The molecule has 0 bridgehead atoms. The summed E-state index contributed by atoms with van der Waals surface area (Å²) in [7, 11) is 0. The van der Waals surface area contributed by atoms with Gasteiger partial charge in [-0.1, -0.05) is 209 Å². The molecule has 4 heteroatoms. The van der Waals surface area contributed by atoms with Crippen LogP contribution in [0.2, 0.25) is 0 Å². The molecule has 324 valence electrons. The summed E-state index contributed by atoms with van der Waals surface area (Å²) in [6.07, 6.45) is 66.9. The highest BCUT2D eigenvalue weighted by Crippen LogP contribution is 2.14. The van der Waals surface area contributed by atoms with Gasteiger partial charge in [-0.25, -0.2) is 0 Å². The van der Waals surface area contributed by atoms with Crippen molar-refractivity contribution in [3.63, 3.8) is 0 Å². The number of allylic oxidation sites excluding steroid dienone is 12. The van der Waals surface area contributed by atoms with Crippen LogP contribution in [-0.2, 0) is 14.3 Å². The number of ether oxygens (including phenoxy) is 2. The smallest absolute Gasteiger partial charge is 0.306 e. The Kier molecular flexibility index (Phi) is 47.1. The standard InChI is InChI=1S/C52H92O4/c1-3-5-7-9-11-13-15-17-19-21-23-24-25-26-27-28-29-30-32-34-36-38-40-42-44-46-48-55-50-51(49-53)56-52(54)47-45-43-41-39-37-35-33-31-22-20-18-16-14-12-10-8-6-4-2/h5,7,11,13,17,19-20,22-24,26-27,51,53H,3-4,6,8-10,12,14-16,18,21,25,28-50H2,1-2H3/b7-5-,13-11-,19-17-,22-20-,24-23-,27-26-. The Morgan fingerprint density at radius 3 is 1.23 bits per heavy atom. The van der Waals surface area contributed by atoms with Gasteiger partial charge in [0.05, 0.1) is 13.2 Å². The van der Waals surface area contributed by atoms with Gasteiger partial charge in [0.15, 0.2) is 0 Å². The van der Waals surface area contributed by atoms with E-state index in [4.69, 9.17) is 9.47 Å². The number of hydrogen-bond donors (Lipinski definition) is 1. The van der Waals surface area contributed by atoms with Crippen LogP contribution in [0.4, 0.5) is 0 Å². The van der Waals surface area contributed by atoms with Gasteiger partial charge < -0.3 is 14.6 Å². The van der Waals surface area contributed by atoms with Crippen LogP contribution in [-0.4, -0.2) is 37.0 Å². The number of esters is 1. The summed E-state index contributed by atoms with van der Waals surface area (Å²) >= 11 is 0. The average molecular weight is 781 g/mol. The highest BCUT2D eigenvalue weighted by atomic mass is 16.6. The molecule has 0 aliphatic heterocycles. The fourth-order valence-electron chi connectivity index (χ4n) is 6.70. The SMILES string of the molecule is CC/C=C\C/C=C\C/C=C\C/C=C\C/C=C\CCCCCCCCCCCCOCC(CO)OC(=O)CCCCCCCCC/C=C\CCCCCCCCC. The molecule has 1 N–H and O–H groups in total. The van der Waals surface area contributed by atoms with Gasteiger partial charge in [0.25, 0.3) is 0 Å². The predicted molar refractivity (Wildman–Crippen MR) is 246 cm³/mol. The van der Waals surface area contributed by atoms with Crippen LogP contribution in [0.15, 0.2) is 72.9 Å². The molecular weight excluding hydrogens is 689 g/mol. The van der Waals surface area contributed by atoms with E-state index in [0.29, 0.717) is 13.0 Å². The molecule has 0 aliphatic rings. The molecule has 0 saturated carbocycles. The lowest BCUT2D eigenvalue weighted by molar-refractivity contribution is -0.154. The third kappa shape index (κ3) is 46.2. The van der Waals surface area contributed by atoms with Crippen LogP contribution in [0, 0.1) is 0 Å². The number of unbranched alkanes of at least 4 members (excludes halogenated alkanes) is 24. The summed E-state index contributed by atoms with van der Waals surface area (Å²) in [5, 5.41) is 9.63. The fraction of sp³-hybridized carbons (Fsp3) is 0.750. The molecule has 0 aromatic rings. The summed E-state index contributed by atoms with van der Waals surface area (Å²) in [4.78, 5) is 12.2. The normalized spacial score (nSPS) is 13.0. The Morgan fingerprint density at radius 1 is 0.446 bits per heavy atom. The summed E-state index contributed by atoms with van der Waals surface area (Å²) < 4.78 is 11.2. The van der Waals surface area contributed by atoms with Gasteiger partial charge in [0.1, 0.15) is 6.10 Å². The van der Waals surface area contributed by atoms with E-state index in [9.17, 15) is 9.90 Å². The molecule has 0 spiro atoms. The number of carbonyl (C=O) groups is 1. The van der Waals surface area contributed by atoms with Crippen molar-refractivity contribution >= 4 is 5.97 Å². The van der Waals surface area contributed by atoms with Crippen molar-refractivity contribution < 1.29 is 19.4 Å². The Labute approximate surface area is 348 Å². The molecule has 0 amide bonds. The number of aliphatic hydroxyl groups is 1. The van der Waals surface area contributed by atoms with Crippen LogP contribution in [0.25, 0.3) is 0 Å². The Morgan fingerprint density at radius 2 is 0.804 bits per heavy atom. The zero-order chi connectivity index (χ0) is 40.5. The van der Waals surface area contributed by atoms with Crippen molar-refractivity contribution in [3.8, 4) is 0 Å². The maximum absolute atomic E-state index is 12.2. The highest BCUT2D eigenvalue weighted by molar-refractivity contribution is 5.69. The van der Waals surface area contributed by atoms with Crippen molar-refractivity contribution in [2.45, 2.75) is 232 Å². The molecule has 0 heterocycles. The number of carbonyl (C=O) groups excluding carboxylic acids is 1. The van der Waals surface area contributed by atoms with Crippen LogP contribution in [0.3, 0.4) is 0 Å². The van der Waals surface area contributed by atoms with E-state index >= 15 is 0 Å². The van der Waals surface area contributed by atoms with Gasteiger partial charge in [-0.2, -0.15) is 0 Å². The van der Waals surface area contributed by atoms with Gasteiger partial charge in [-0.15, -0.1) is 0 Å². The van der Waals surface area contributed by atoms with Crippen molar-refractivity contribution in [2.75, 3.05) is 19.8 Å². The maximum Gasteiger partial charge on any atom is 0.306 e. The topological polar surface area (TPSA) is 55.8 Å². The predicted octanol–water partition coefficient (Wildman–Crippen LogP) is 16.2. The first-order valence-corrected chi connectivity index (χ1v) is 24.0. The Balaban J connectivity index is 3.45. The highest BCUT2D eigenvalue weighted by Gasteiger charge is 2.13. The molecule has 4 nitrogen and oxygen atoms in total. The molecule has 0 fully saturated rings. The van der Waals surface area contributed by atoms with Crippen molar-refractivity contribution in [1.82, 2.24) is 0 Å². The second kappa shape index (κ2) is 49.0. The summed E-state index contributed by atoms with van der Waals surface area (Å²) in [5.74, 6) is -0.207. The van der Waals surface area contributed by atoms with E-state index in [-0.39, 0.29) is 19.2 Å². The fourth-order valence-corrected chi connectivity index (χ4v) is 6.70. The molecule has 0 aromatic heterocycles. The molecule has 1 atom stereocenters. The molecule has 0 aromatic carbocycles. The zero-order valence-electron chi connectivity index (χ0n) is 37.1. The average Bonchev–Trinajstić information content (AvgIpc) is 3.20. The first-order valence-electron chi connectivity index (χ1n) is 24.0. The maximum atomic E-state index is 12.2. The molecule has 0 aliphatic carbocycles. The minimum atomic E-state index is -0.542. The second-order valence-corrected chi connectivity index (χ2v) is 15.8. The van der Waals surface area contributed by atoms with E-state index in [1.54, 1.807) is 0 Å². The van der Waals surface area contributed by atoms with E-state index < -0.39 is 6.10 Å². The Bertz CT molecular complexity index is 958.